The molecule has 0 atom stereocenters. The Morgan fingerprint density at radius 2 is 1.76 bits per heavy atom. The summed E-state index contributed by atoms with van der Waals surface area (Å²) < 4.78 is 1.73. The average Bonchev–Trinajstić information content (AvgIpc) is 3.10. The van der Waals surface area contributed by atoms with Gasteiger partial charge in [0.2, 0.25) is 0 Å². The van der Waals surface area contributed by atoms with Gasteiger partial charge in [-0.25, -0.2) is 4.98 Å². The molecule has 0 aliphatic carbocycles. The zero-order valence-electron chi connectivity index (χ0n) is 13.9. The molecule has 8 heteroatoms. The molecule has 0 radical (unpaired) electrons. The van der Waals surface area contributed by atoms with Crippen LogP contribution in [0.1, 0.15) is 0 Å². The monoisotopic (exact) mass is 336 g/mol. The van der Waals surface area contributed by atoms with Gasteiger partial charge in [0.1, 0.15) is 18.0 Å². The minimum absolute atomic E-state index is 0.615. The first-order valence-electron chi connectivity index (χ1n) is 8.69. The van der Waals surface area contributed by atoms with E-state index in [4.69, 9.17) is 0 Å². The van der Waals surface area contributed by atoms with Crippen LogP contribution in [0.3, 0.4) is 0 Å². The van der Waals surface area contributed by atoms with Crippen molar-refractivity contribution in [2.24, 2.45) is 0 Å². The molecule has 2 aliphatic rings. The smallest absolute Gasteiger partial charge is 0.177 e. The van der Waals surface area contributed by atoms with Gasteiger partial charge >= 0.3 is 0 Å². The van der Waals surface area contributed by atoms with Crippen LogP contribution < -0.4 is 9.80 Å². The summed E-state index contributed by atoms with van der Waals surface area (Å²) in [5.74, 6) is 2.08. The van der Waals surface area contributed by atoms with E-state index in [0.717, 1.165) is 56.6 Å². The highest BCUT2D eigenvalue weighted by Gasteiger charge is 2.34. The maximum atomic E-state index is 4.57. The predicted octanol–water partition coefficient (Wildman–Crippen LogP) is 0.530. The van der Waals surface area contributed by atoms with E-state index in [0.29, 0.717) is 6.04 Å². The Morgan fingerprint density at radius 1 is 0.880 bits per heavy atom. The third kappa shape index (κ3) is 2.68. The summed E-state index contributed by atoms with van der Waals surface area (Å²) in [6.07, 6.45) is 3.51. The molecule has 128 valence electrons. The van der Waals surface area contributed by atoms with Crippen molar-refractivity contribution in [1.29, 1.82) is 0 Å². The Bertz CT molecular complexity index is 849. The molecule has 5 heterocycles. The lowest BCUT2D eigenvalue weighted by molar-refractivity contribution is 0.156. The van der Waals surface area contributed by atoms with E-state index >= 15 is 0 Å². The standard InChI is InChI=1S/C17H20N8/c1-2-6-18-15(3-1)23-9-7-22(8-10-23)14-11-24(12-14)17-5-4-16-20-19-13-25(16)21-17/h1-6,13-14H,7-12H2. The third-order valence-corrected chi connectivity index (χ3v) is 5.14. The summed E-state index contributed by atoms with van der Waals surface area (Å²) in [6, 6.07) is 10.7. The first kappa shape index (κ1) is 14.6. The molecule has 0 bridgehead atoms. The van der Waals surface area contributed by atoms with Crippen LogP contribution >= 0.6 is 0 Å². The van der Waals surface area contributed by atoms with Crippen molar-refractivity contribution in [1.82, 2.24) is 29.7 Å². The molecule has 8 nitrogen and oxygen atoms in total. The molecule has 2 aliphatic heterocycles. The highest BCUT2D eigenvalue weighted by atomic mass is 15.4. The van der Waals surface area contributed by atoms with Crippen molar-refractivity contribution < 1.29 is 0 Å². The van der Waals surface area contributed by atoms with Crippen LogP contribution in [0.5, 0.6) is 0 Å². The number of anilines is 2. The van der Waals surface area contributed by atoms with Crippen LogP contribution in [0, 0.1) is 0 Å². The number of aromatic nitrogens is 5. The summed E-state index contributed by atoms with van der Waals surface area (Å²) in [6.45, 7) is 6.32. The summed E-state index contributed by atoms with van der Waals surface area (Å²) in [4.78, 5) is 11.7. The number of hydrogen-bond acceptors (Lipinski definition) is 7. The molecule has 2 saturated heterocycles. The molecule has 0 spiro atoms. The largest absolute Gasteiger partial charge is 0.354 e. The molecule has 0 saturated carbocycles. The molecule has 0 N–H and O–H groups in total. The summed E-state index contributed by atoms with van der Waals surface area (Å²) in [5, 5.41) is 12.4. The van der Waals surface area contributed by atoms with Crippen molar-refractivity contribution in [3.05, 3.63) is 42.9 Å². The van der Waals surface area contributed by atoms with Crippen LogP contribution in [0.25, 0.3) is 5.65 Å². The molecule has 25 heavy (non-hydrogen) atoms. The van der Waals surface area contributed by atoms with Crippen molar-refractivity contribution in [3.63, 3.8) is 0 Å². The lowest BCUT2D eigenvalue weighted by atomic mass is 10.1. The molecule has 0 aromatic carbocycles. The molecule has 2 fully saturated rings. The van der Waals surface area contributed by atoms with Crippen molar-refractivity contribution in [3.8, 4) is 0 Å². The second-order valence-corrected chi connectivity index (χ2v) is 6.60. The van der Waals surface area contributed by atoms with E-state index in [1.165, 1.54) is 0 Å². The van der Waals surface area contributed by atoms with E-state index in [1.54, 1.807) is 10.8 Å². The van der Waals surface area contributed by atoms with Gasteiger partial charge in [-0.3, -0.25) is 4.90 Å². The first-order chi connectivity index (χ1) is 12.4. The molecule has 0 amide bonds. The minimum Gasteiger partial charge on any atom is -0.354 e. The molecular weight excluding hydrogens is 316 g/mol. The zero-order valence-corrected chi connectivity index (χ0v) is 13.9. The number of piperazine rings is 1. The van der Waals surface area contributed by atoms with Gasteiger partial charge in [-0.05, 0) is 24.3 Å². The van der Waals surface area contributed by atoms with E-state index in [2.05, 4.69) is 47.1 Å². The summed E-state index contributed by atoms with van der Waals surface area (Å²) >= 11 is 0. The number of hydrogen-bond donors (Lipinski definition) is 0. The molecular formula is C17H20N8. The Hall–Kier alpha value is -2.74. The second-order valence-electron chi connectivity index (χ2n) is 6.60. The van der Waals surface area contributed by atoms with Gasteiger partial charge in [-0.2, -0.15) is 4.52 Å². The van der Waals surface area contributed by atoms with Crippen molar-refractivity contribution >= 4 is 17.3 Å². The van der Waals surface area contributed by atoms with E-state index in [9.17, 15) is 0 Å². The maximum Gasteiger partial charge on any atom is 0.177 e. The quantitative estimate of drug-likeness (QED) is 0.691. The van der Waals surface area contributed by atoms with Gasteiger partial charge in [0.25, 0.3) is 0 Å². The molecule has 5 rings (SSSR count). The van der Waals surface area contributed by atoms with Gasteiger partial charge in [-0.15, -0.1) is 15.3 Å². The number of nitrogens with zero attached hydrogens (tertiary/aromatic N) is 8. The Morgan fingerprint density at radius 3 is 2.56 bits per heavy atom. The van der Waals surface area contributed by atoms with Crippen LogP contribution in [0.2, 0.25) is 0 Å². The summed E-state index contributed by atoms with van der Waals surface area (Å²) in [7, 11) is 0. The van der Waals surface area contributed by atoms with Gasteiger partial charge in [-0.1, -0.05) is 6.07 Å². The molecule has 3 aromatic heterocycles. The third-order valence-electron chi connectivity index (χ3n) is 5.14. The highest BCUT2D eigenvalue weighted by Crippen LogP contribution is 2.23. The van der Waals surface area contributed by atoms with Crippen molar-refractivity contribution in [2.75, 3.05) is 49.1 Å². The topological polar surface area (TPSA) is 65.7 Å². The fourth-order valence-corrected chi connectivity index (χ4v) is 3.62. The van der Waals surface area contributed by atoms with Crippen molar-refractivity contribution in [2.45, 2.75) is 6.04 Å². The summed E-state index contributed by atoms with van der Waals surface area (Å²) in [5.41, 5.74) is 0.784. The Kier molecular flexibility index (Phi) is 3.48. The fourth-order valence-electron chi connectivity index (χ4n) is 3.62. The van der Waals surface area contributed by atoms with Crippen LogP contribution in [0.4, 0.5) is 11.6 Å². The number of fused-ring (bicyclic) bond motifs is 1. The SMILES string of the molecule is c1ccc(N2CCN(C3CN(c4ccc5nncn5n4)C3)CC2)nc1. The van der Waals surface area contributed by atoms with Gasteiger partial charge < -0.3 is 9.80 Å². The highest BCUT2D eigenvalue weighted by molar-refractivity contribution is 5.47. The molecule has 3 aromatic rings. The van der Waals surface area contributed by atoms with E-state index in [1.807, 2.05) is 24.4 Å². The second kappa shape index (κ2) is 5.96. The molecule has 0 unspecified atom stereocenters. The lowest BCUT2D eigenvalue weighted by Crippen LogP contribution is -2.63. The number of rotatable bonds is 3. The lowest BCUT2D eigenvalue weighted by Gasteiger charge is -2.48. The number of pyridine rings is 1. The zero-order chi connectivity index (χ0) is 16.6. The minimum atomic E-state index is 0.615. The van der Waals surface area contributed by atoms with Crippen LogP contribution in [-0.2, 0) is 0 Å². The maximum absolute atomic E-state index is 4.57. The van der Waals surface area contributed by atoms with Crippen LogP contribution in [-0.4, -0.2) is 75.0 Å². The Balaban J connectivity index is 1.17. The van der Waals surface area contributed by atoms with Gasteiger partial charge in [0.15, 0.2) is 5.65 Å². The van der Waals surface area contributed by atoms with Gasteiger partial charge in [0.05, 0.1) is 0 Å². The first-order valence-corrected chi connectivity index (χ1v) is 8.69. The fraction of sp³-hybridized carbons (Fsp3) is 0.412. The average molecular weight is 336 g/mol. The Labute approximate surface area is 145 Å². The van der Waals surface area contributed by atoms with E-state index < -0.39 is 0 Å². The van der Waals surface area contributed by atoms with Crippen LogP contribution in [0.15, 0.2) is 42.9 Å². The van der Waals surface area contributed by atoms with Gasteiger partial charge in [0, 0.05) is 51.5 Å². The predicted molar refractivity (Wildman–Crippen MR) is 94.8 cm³/mol. The normalized spacial score (nSPS) is 19.4. The van der Waals surface area contributed by atoms with E-state index in [-0.39, 0.29) is 0 Å².